The molecule has 21 heavy (non-hydrogen) atoms. The van der Waals surface area contributed by atoms with Gasteiger partial charge in [0.15, 0.2) is 0 Å². The minimum atomic E-state index is 0.343. The Labute approximate surface area is 131 Å². The minimum Gasteiger partial charge on any atom is -0.367 e. The summed E-state index contributed by atoms with van der Waals surface area (Å²) in [4.78, 5) is 0. The summed E-state index contributed by atoms with van der Waals surface area (Å²) in [6, 6.07) is 14.2. The maximum absolute atomic E-state index is 6.01. The highest BCUT2D eigenvalue weighted by Crippen LogP contribution is 2.38. The zero-order valence-corrected chi connectivity index (χ0v) is 13.4. The molecule has 3 aromatic rings. The fourth-order valence-corrected chi connectivity index (χ4v) is 2.80. The van der Waals surface area contributed by atoms with Crippen LogP contribution in [0, 0.1) is 13.8 Å². The number of nitrogen functional groups attached to an aromatic ring is 1. The Kier molecular flexibility index (Phi) is 3.55. The van der Waals surface area contributed by atoms with E-state index in [2.05, 4.69) is 40.1 Å². The van der Waals surface area contributed by atoms with E-state index in [9.17, 15) is 0 Å². The average molecular weight is 343 g/mol. The molecule has 4 heteroatoms. The number of rotatable bonds is 2. The van der Waals surface area contributed by atoms with Crippen molar-refractivity contribution < 1.29 is 4.52 Å². The van der Waals surface area contributed by atoms with Gasteiger partial charge in [0, 0.05) is 10.0 Å². The highest BCUT2D eigenvalue weighted by molar-refractivity contribution is 9.10. The summed E-state index contributed by atoms with van der Waals surface area (Å²) in [7, 11) is 0. The number of hydrogen-bond donors (Lipinski definition) is 1. The van der Waals surface area contributed by atoms with Crippen LogP contribution in [-0.2, 0) is 0 Å². The zero-order chi connectivity index (χ0) is 15.0. The van der Waals surface area contributed by atoms with Crippen molar-refractivity contribution in [2.75, 3.05) is 5.73 Å². The standard InChI is InChI=1S/C17H15BrN2O/c1-10-5-3-6-12(9-10)15-16(20-21-17(15)19)13-7-4-8-14(18)11(13)2/h3-9H,19H2,1-2H3. The van der Waals surface area contributed by atoms with Crippen molar-refractivity contribution in [3.8, 4) is 22.4 Å². The number of anilines is 1. The third kappa shape index (κ3) is 2.47. The van der Waals surface area contributed by atoms with Crippen LogP contribution in [-0.4, -0.2) is 5.16 Å². The SMILES string of the molecule is Cc1cccc(-c2c(-c3cccc(Br)c3C)noc2N)c1. The summed E-state index contributed by atoms with van der Waals surface area (Å²) in [6.07, 6.45) is 0. The number of hydrogen-bond acceptors (Lipinski definition) is 3. The van der Waals surface area contributed by atoms with Crippen LogP contribution in [0.5, 0.6) is 0 Å². The number of benzene rings is 2. The highest BCUT2D eigenvalue weighted by atomic mass is 79.9. The third-order valence-electron chi connectivity index (χ3n) is 3.55. The van der Waals surface area contributed by atoms with Crippen LogP contribution in [0.3, 0.4) is 0 Å². The predicted octanol–water partition coefficient (Wildman–Crippen LogP) is 4.97. The van der Waals surface area contributed by atoms with Crippen LogP contribution in [0.1, 0.15) is 11.1 Å². The van der Waals surface area contributed by atoms with E-state index in [-0.39, 0.29) is 0 Å². The van der Waals surface area contributed by atoms with Gasteiger partial charge in [-0.05, 0) is 31.0 Å². The molecule has 106 valence electrons. The maximum atomic E-state index is 6.01. The van der Waals surface area contributed by atoms with Crippen molar-refractivity contribution in [3.05, 3.63) is 58.1 Å². The molecule has 2 aromatic carbocycles. The van der Waals surface area contributed by atoms with E-state index < -0.39 is 0 Å². The fraction of sp³-hybridized carbons (Fsp3) is 0.118. The monoisotopic (exact) mass is 342 g/mol. The van der Waals surface area contributed by atoms with Gasteiger partial charge in [-0.1, -0.05) is 63.0 Å². The molecule has 0 unspecified atom stereocenters. The van der Waals surface area contributed by atoms with Crippen molar-refractivity contribution in [3.63, 3.8) is 0 Å². The Bertz CT molecular complexity index is 808. The van der Waals surface area contributed by atoms with Gasteiger partial charge in [-0.25, -0.2) is 0 Å². The Hall–Kier alpha value is -2.07. The number of aromatic nitrogens is 1. The summed E-state index contributed by atoms with van der Waals surface area (Å²) in [5.74, 6) is 0.343. The van der Waals surface area contributed by atoms with Gasteiger partial charge in [0.05, 0.1) is 5.56 Å². The molecule has 0 amide bonds. The van der Waals surface area contributed by atoms with E-state index >= 15 is 0 Å². The molecule has 0 saturated heterocycles. The van der Waals surface area contributed by atoms with Gasteiger partial charge in [0.1, 0.15) is 5.69 Å². The second-order valence-corrected chi connectivity index (χ2v) is 5.91. The highest BCUT2D eigenvalue weighted by Gasteiger charge is 2.19. The molecule has 0 saturated carbocycles. The Morgan fingerprint density at radius 2 is 1.86 bits per heavy atom. The number of halogens is 1. The number of aryl methyl sites for hydroxylation is 1. The van der Waals surface area contributed by atoms with Crippen LogP contribution in [0.4, 0.5) is 5.88 Å². The first-order valence-electron chi connectivity index (χ1n) is 6.65. The Morgan fingerprint density at radius 1 is 1.10 bits per heavy atom. The van der Waals surface area contributed by atoms with Gasteiger partial charge >= 0.3 is 0 Å². The molecule has 0 bridgehead atoms. The fourth-order valence-electron chi connectivity index (χ4n) is 2.43. The van der Waals surface area contributed by atoms with E-state index in [1.165, 1.54) is 5.56 Å². The van der Waals surface area contributed by atoms with Gasteiger partial charge in [-0.15, -0.1) is 0 Å². The minimum absolute atomic E-state index is 0.343. The second kappa shape index (κ2) is 5.37. The van der Waals surface area contributed by atoms with E-state index in [1.807, 2.05) is 37.3 Å². The lowest BCUT2D eigenvalue weighted by atomic mass is 9.97. The van der Waals surface area contributed by atoms with Crippen molar-refractivity contribution in [1.82, 2.24) is 5.16 Å². The van der Waals surface area contributed by atoms with Crippen LogP contribution >= 0.6 is 15.9 Å². The Morgan fingerprint density at radius 3 is 2.62 bits per heavy atom. The molecule has 0 aliphatic rings. The lowest BCUT2D eigenvalue weighted by Gasteiger charge is -2.07. The summed E-state index contributed by atoms with van der Waals surface area (Å²) in [5, 5.41) is 4.17. The molecule has 0 atom stereocenters. The van der Waals surface area contributed by atoms with Crippen LogP contribution in [0.15, 0.2) is 51.5 Å². The van der Waals surface area contributed by atoms with Gasteiger partial charge in [-0.3, -0.25) is 0 Å². The normalized spacial score (nSPS) is 10.8. The lowest BCUT2D eigenvalue weighted by molar-refractivity contribution is 0.439. The molecule has 3 nitrogen and oxygen atoms in total. The molecule has 2 N–H and O–H groups in total. The molecule has 0 spiro atoms. The molecule has 0 aliphatic carbocycles. The van der Waals surface area contributed by atoms with Crippen molar-refractivity contribution in [2.45, 2.75) is 13.8 Å². The van der Waals surface area contributed by atoms with Crippen molar-refractivity contribution in [2.24, 2.45) is 0 Å². The number of nitrogens with zero attached hydrogens (tertiary/aromatic N) is 1. The zero-order valence-electron chi connectivity index (χ0n) is 11.9. The lowest BCUT2D eigenvalue weighted by Crippen LogP contribution is -1.90. The third-order valence-corrected chi connectivity index (χ3v) is 4.41. The molecule has 0 fully saturated rings. The van der Waals surface area contributed by atoms with Gasteiger partial charge < -0.3 is 10.3 Å². The summed E-state index contributed by atoms with van der Waals surface area (Å²) in [6.45, 7) is 4.10. The van der Waals surface area contributed by atoms with Gasteiger partial charge in [0.2, 0.25) is 5.88 Å². The Balaban J connectivity index is 2.24. The quantitative estimate of drug-likeness (QED) is 0.715. The van der Waals surface area contributed by atoms with Gasteiger partial charge in [0.25, 0.3) is 0 Å². The molecule has 1 heterocycles. The van der Waals surface area contributed by atoms with E-state index in [0.717, 1.165) is 32.4 Å². The first-order valence-corrected chi connectivity index (χ1v) is 7.45. The molecule has 0 radical (unpaired) electrons. The summed E-state index contributed by atoms with van der Waals surface area (Å²) < 4.78 is 6.29. The van der Waals surface area contributed by atoms with E-state index in [1.54, 1.807) is 0 Å². The predicted molar refractivity (Wildman–Crippen MR) is 89.0 cm³/mol. The van der Waals surface area contributed by atoms with Crippen LogP contribution in [0.25, 0.3) is 22.4 Å². The van der Waals surface area contributed by atoms with Crippen molar-refractivity contribution >= 4 is 21.8 Å². The molecule has 1 aromatic heterocycles. The topological polar surface area (TPSA) is 52.0 Å². The number of nitrogens with two attached hydrogens (primary N) is 1. The van der Waals surface area contributed by atoms with E-state index in [4.69, 9.17) is 10.3 Å². The van der Waals surface area contributed by atoms with Crippen molar-refractivity contribution in [1.29, 1.82) is 0 Å². The first kappa shape index (κ1) is 13.9. The first-order chi connectivity index (χ1) is 10.1. The van der Waals surface area contributed by atoms with Crippen LogP contribution in [0.2, 0.25) is 0 Å². The maximum Gasteiger partial charge on any atom is 0.230 e. The molecular weight excluding hydrogens is 328 g/mol. The van der Waals surface area contributed by atoms with E-state index in [0.29, 0.717) is 5.88 Å². The second-order valence-electron chi connectivity index (χ2n) is 5.05. The molecule has 0 aliphatic heterocycles. The molecular formula is C17H15BrN2O. The molecule has 3 rings (SSSR count). The largest absolute Gasteiger partial charge is 0.367 e. The smallest absolute Gasteiger partial charge is 0.230 e. The summed E-state index contributed by atoms with van der Waals surface area (Å²) >= 11 is 3.55. The van der Waals surface area contributed by atoms with Crippen LogP contribution < -0.4 is 5.73 Å². The summed E-state index contributed by atoms with van der Waals surface area (Å²) in [5.41, 5.74) is 11.9. The average Bonchev–Trinajstić information content (AvgIpc) is 2.83. The van der Waals surface area contributed by atoms with Gasteiger partial charge in [-0.2, -0.15) is 0 Å².